The van der Waals surface area contributed by atoms with Gasteiger partial charge >= 0.3 is 0 Å². The van der Waals surface area contributed by atoms with Gasteiger partial charge in [-0.3, -0.25) is 0 Å². The van der Waals surface area contributed by atoms with Crippen molar-refractivity contribution in [2.24, 2.45) is 0 Å². The predicted molar refractivity (Wildman–Crippen MR) is 66.8 cm³/mol. The highest BCUT2D eigenvalue weighted by Gasteiger charge is 2.06. The Morgan fingerprint density at radius 2 is 2.11 bits per heavy atom. The quantitative estimate of drug-likeness (QED) is 0.662. The smallest absolute Gasteiger partial charge is 0.127 e. The molecular formula is C13H19F2NO3. The van der Waals surface area contributed by atoms with E-state index in [4.69, 9.17) is 9.47 Å². The molecule has 19 heavy (non-hydrogen) atoms. The second-order valence-corrected chi connectivity index (χ2v) is 4.09. The zero-order valence-corrected chi connectivity index (χ0v) is 10.9. The molecule has 0 heterocycles. The van der Waals surface area contributed by atoms with Crippen LogP contribution in [-0.2, 0) is 16.0 Å². The van der Waals surface area contributed by atoms with Crippen molar-refractivity contribution >= 4 is 0 Å². The van der Waals surface area contributed by atoms with Crippen LogP contribution in [0.2, 0.25) is 0 Å². The van der Waals surface area contributed by atoms with Crippen LogP contribution in [0.15, 0.2) is 18.2 Å². The maximum Gasteiger partial charge on any atom is 0.127 e. The molecule has 0 fully saturated rings. The third-order valence-electron chi connectivity index (χ3n) is 2.45. The van der Waals surface area contributed by atoms with Gasteiger partial charge < -0.3 is 19.9 Å². The molecule has 0 saturated heterocycles. The van der Waals surface area contributed by atoms with Gasteiger partial charge in [0.15, 0.2) is 0 Å². The first-order valence-electron chi connectivity index (χ1n) is 6.03. The molecule has 0 saturated carbocycles. The van der Waals surface area contributed by atoms with Gasteiger partial charge in [0.05, 0.1) is 25.9 Å². The van der Waals surface area contributed by atoms with Gasteiger partial charge in [0.25, 0.3) is 0 Å². The zero-order chi connectivity index (χ0) is 14.1. The molecule has 0 spiro atoms. The summed E-state index contributed by atoms with van der Waals surface area (Å²) in [5.74, 6) is -0.957. The SMILES string of the molecule is COCCOCC(O)CNCc1cc(F)ccc1F. The lowest BCUT2D eigenvalue weighted by atomic mass is 10.2. The minimum Gasteiger partial charge on any atom is -0.389 e. The molecule has 2 N–H and O–H groups in total. The normalized spacial score (nSPS) is 12.6. The van der Waals surface area contributed by atoms with Crippen molar-refractivity contribution in [3.05, 3.63) is 35.4 Å². The Morgan fingerprint density at radius 3 is 2.84 bits per heavy atom. The van der Waals surface area contributed by atoms with Crippen LogP contribution in [-0.4, -0.2) is 44.7 Å². The van der Waals surface area contributed by atoms with Crippen LogP contribution in [0.25, 0.3) is 0 Å². The number of benzene rings is 1. The van der Waals surface area contributed by atoms with Crippen LogP contribution in [0.4, 0.5) is 8.78 Å². The molecule has 0 bridgehead atoms. The first-order valence-corrected chi connectivity index (χ1v) is 6.03. The van der Waals surface area contributed by atoms with E-state index in [1.54, 1.807) is 7.11 Å². The summed E-state index contributed by atoms with van der Waals surface area (Å²) in [4.78, 5) is 0. The standard InChI is InChI=1S/C13H19F2NO3/c1-18-4-5-19-9-12(17)8-16-7-10-6-11(14)2-3-13(10)15/h2-3,6,12,16-17H,4-5,7-9H2,1H3. The second kappa shape index (κ2) is 8.92. The summed E-state index contributed by atoms with van der Waals surface area (Å²) in [5, 5.41) is 12.4. The molecule has 1 unspecified atom stereocenters. The number of methoxy groups -OCH3 is 1. The summed E-state index contributed by atoms with van der Waals surface area (Å²) in [6.45, 7) is 1.43. The summed E-state index contributed by atoms with van der Waals surface area (Å²) in [6.07, 6.45) is -0.700. The van der Waals surface area contributed by atoms with Crippen molar-refractivity contribution in [3.8, 4) is 0 Å². The van der Waals surface area contributed by atoms with Crippen molar-refractivity contribution in [2.45, 2.75) is 12.6 Å². The van der Waals surface area contributed by atoms with Crippen molar-refractivity contribution < 1.29 is 23.4 Å². The van der Waals surface area contributed by atoms with E-state index in [0.717, 1.165) is 18.2 Å². The third kappa shape index (κ3) is 6.58. The predicted octanol–water partition coefficient (Wildman–Crippen LogP) is 1.08. The third-order valence-corrected chi connectivity index (χ3v) is 2.45. The van der Waals surface area contributed by atoms with Crippen LogP contribution < -0.4 is 5.32 Å². The lowest BCUT2D eigenvalue weighted by Crippen LogP contribution is -2.30. The average molecular weight is 275 g/mol. The van der Waals surface area contributed by atoms with E-state index in [2.05, 4.69) is 5.32 Å². The van der Waals surface area contributed by atoms with E-state index in [1.807, 2.05) is 0 Å². The Labute approximate surface area is 111 Å². The van der Waals surface area contributed by atoms with Crippen LogP contribution in [0, 0.1) is 11.6 Å². The first kappa shape index (κ1) is 16.0. The second-order valence-electron chi connectivity index (χ2n) is 4.09. The number of nitrogens with one attached hydrogen (secondary N) is 1. The van der Waals surface area contributed by atoms with Crippen molar-refractivity contribution in [3.63, 3.8) is 0 Å². The molecule has 0 amide bonds. The minimum atomic E-state index is -0.700. The zero-order valence-electron chi connectivity index (χ0n) is 10.9. The van der Waals surface area contributed by atoms with E-state index in [-0.39, 0.29) is 25.3 Å². The molecule has 0 radical (unpaired) electrons. The van der Waals surface area contributed by atoms with Crippen LogP contribution >= 0.6 is 0 Å². The molecule has 0 aromatic heterocycles. The molecule has 0 aliphatic rings. The Morgan fingerprint density at radius 1 is 1.32 bits per heavy atom. The number of hydrogen-bond donors (Lipinski definition) is 2. The Hall–Kier alpha value is -1.08. The Bertz CT molecular complexity index is 377. The van der Waals surface area contributed by atoms with Gasteiger partial charge in [0.1, 0.15) is 11.6 Å². The summed E-state index contributed by atoms with van der Waals surface area (Å²) < 4.78 is 36.1. The molecule has 108 valence electrons. The molecule has 0 aliphatic heterocycles. The van der Waals surface area contributed by atoms with Gasteiger partial charge in [0, 0.05) is 25.8 Å². The number of halogens is 2. The van der Waals surface area contributed by atoms with E-state index >= 15 is 0 Å². The van der Waals surface area contributed by atoms with Gasteiger partial charge in [-0.2, -0.15) is 0 Å². The molecule has 1 atom stereocenters. The minimum absolute atomic E-state index is 0.152. The van der Waals surface area contributed by atoms with Crippen LogP contribution in [0.3, 0.4) is 0 Å². The lowest BCUT2D eigenvalue weighted by Gasteiger charge is -2.12. The fourth-order valence-corrected chi connectivity index (χ4v) is 1.47. The topological polar surface area (TPSA) is 50.7 Å². The first-order chi connectivity index (χ1) is 9.13. The summed E-state index contributed by atoms with van der Waals surface area (Å²) in [5.41, 5.74) is 0.229. The highest BCUT2D eigenvalue weighted by Crippen LogP contribution is 2.09. The molecule has 1 aromatic carbocycles. The van der Waals surface area contributed by atoms with Crippen LogP contribution in [0.5, 0.6) is 0 Å². The monoisotopic (exact) mass is 275 g/mol. The molecular weight excluding hydrogens is 256 g/mol. The van der Waals surface area contributed by atoms with Gasteiger partial charge in [-0.15, -0.1) is 0 Å². The Kier molecular flexibility index (Phi) is 7.50. The van der Waals surface area contributed by atoms with E-state index < -0.39 is 17.7 Å². The van der Waals surface area contributed by atoms with Crippen molar-refractivity contribution in [2.75, 3.05) is 33.5 Å². The Balaban J connectivity index is 2.20. The molecule has 1 aromatic rings. The van der Waals surface area contributed by atoms with Gasteiger partial charge in [0.2, 0.25) is 0 Å². The fraction of sp³-hybridized carbons (Fsp3) is 0.538. The number of rotatable bonds is 9. The maximum atomic E-state index is 13.3. The van der Waals surface area contributed by atoms with E-state index in [1.165, 1.54) is 0 Å². The summed E-state index contributed by atoms with van der Waals surface area (Å²) >= 11 is 0. The van der Waals surface area contributed by atoms with E-state index in [0.29, 0.717) is 13.2 Å². The lowest BCUT2D eigenvalue weighted by molar-refractivity contribution is 0.0137. The summed E-state index contributed by atoms with van der Waals surface area (Å²) in [7, 11) is 1.56. The number of aliphatic hydroxyl groups is 1. The van der Waals surface area contributed by atoms with E-state index in [9.17, 15) is 13.9 Å². The summed E-state index contributed by atoms with van der Waals surface area (Å²) in [6, 6.07) is 3.28. The molecule has 6 heteroatoms. The molecule has 4 nitrogen and oxygen atoms in total. The number of ether oxygens (including phenoxy) is 2. The van der Waals surface area contributed by atoms with Gasteiger partial charge in [-0.05, 0) is 18.2 Å². The van der Waals surface area contributed by atoms with Gasteiger partial charge in [-0.1, -0.05) is 0 Å². The fourth-order valence-electron chi connectivity index (χ4n) is 1.47. The average Bonchev–Trinajstić information content (AvgIpc) is 2.39. The highest BCUT2D eigenvalue weighted by atomic mass is 19.1. The molecule has 1 rings (SSSR count). The highest BCUT2D eigenvalue weighted by molar-refractivity contribution is 5.18. The number of hydrogen-bond acceptors (Lipinski definition) is 4. The van der Waals surface area contributed by atoms with Crippen molar-refractivity contribution in [1.29, 1.82) is 0 Å². The van der Waals surface area contributed by atoms with Crippen molar-refractivity contribution in [1.82, 2.24) is 5.32 Å². The number of aliphatic hydroxyl groups excluding tert-OH is 1. The largest absolute Gasteiger partial charge is 0.389 e. The van der Waals surface area contributed by atoms with Gasteiger partial charge in [-0.25, -0.2) is 8.78 Å². The van der Waals surface area contributed by atoms with Crippen LogP contribution in [0.1, 0.15) is 5.56 Å². The maximum absolute atomic E-state index is 13.3. The molecule has 0 aliphatic carbocycles.